The molecule has 0 saturated carbocycles. The van der Waals surface area contributed by atoms with E-state index in [-0.39, 0.29) is 35.6 Å². The van der Waals surface area contributed by atoms with E-state index in [1.54, 1.807) is 9.13 Å². The van der Waals surface area contributed by atoms with E-state index in [2.05, 4.69) is 4.90 Å². The third-order valence-corrected chi connectivity index (χ3v) is 7.93. The minimum atomic E-state index is -2.89. The highest BCUT2D eigenvalue weighted by Gasteiger charge is 2.34. The van der Waals surface area contributed by atoms with Crippen molar-refractivity contribution in [1.82, 2.24) is 18.9 Å². The van der Waals surface area contributed by atoms with Gasteiger partial charge in [-0.2, -0.15) is 0 Å². The first-order valence-electron chi connectivity index (χ1n) is 10.3. The van der Waals surface area contributed by atoms with Gasteiger partial charge in [-0.05, 0) is 25.5 Å². The van der Waals surface area contributed by atoms with E-state index in [0.717, 1.165) is 11.0 Å². The number of imidazole rings is 1. The molecule has 29 heavy (non-hydrogen) atoms. The van der Waals surface area contributed by atoms with Gasteiger partial charge in [0, 0.05) is 51.7 Å². The van der Waals surface area contributed by atoms with Gasteiger partial charge < -0.3 is 4.90 Å². The van der Waals surface area contributed by atoms with Crippen LogP contribution >= 0.6 is 0 Å². The first-order chi connectivity index (χ1) is 13.9. The van der Waals surface area contributed by atoms with E-state index < -0.39 is 9.84 Å². The Labute approximate surface area is 170 Å². The molecule has 1 unspecified atom stereocenters. The lowest BCUT2D eigenvalue weighted by molar-refractivity contribution is -0.133. The minimum absolute atomic E-state index is 0.0453. The molecule has 0 bridgehead atoms. The number of aromatic nitrogens is 2. The van der Waals surface area contributed by atoms with Crippen LogP contribution in [-0.4, -0.2) is 77.0 Å². The normalized spacial score (nSPS) is 22.4. The predicted octanol–water partition coefficient (Wildman–Crippen LogP) is 0.544. The third kappa shape index (κ3) is 3.98. The summed E-state index contributed by atoms with van der Waals surface area (Å²) in [5, 5.41) is 0. The Hall–Kier alpha value is -2.13. The van der Waals surface area contributed by atoms with Gasteiger partial charge >= 0.3 is 5.69 Å². The maximum absolute atomic E-state index is 12.7. The van der Waals surface area contributed by atoms with Crippen molar-refractivity contribution in [3.63, 3.8) is 0 Å². The molecule has 0 radical (unpaired) electrons. The summed E-state index contributed by atoms with van der Waals surface area (Å²) in [6.07, 6.45) is 0.982. The second kappa shape index (κ2) is 7.95. The zero-order chi connectivity index (χ0) is 20.6. The summed E-state index contributed by atoms with van der Waals surface area (Å²) < 4.78 is 26.8. The number of para-hydroxylation sites is 2. The van der Waals surface area contributed by atoms with Crippen LogP contribution in [0.3, 0.4) is 0 Å². The van der Waals surface area contributed by atoms with Gasteiger partial charge in [-0.1, -0.05) is 12.1 Å². The molecule has 1 aromatic carbocycles. The fraction of sp³-hybridized carbons (Fsp3) is 0.600. The van der Waals surface area contributed by atoms with Crippen molar-refractivity contribution >= 4 is 26.8 Å². The predicted molar refractivity (Wildman–Crippen MR) is 112 cm³/mol. The highest BCUT2D eigenvalue weighted by Crippen LogP contribution is 2.19. The first kappa shape index (κ1) is 20.2. The molecule has 1 amide bonds. The molecule has 1 atom stereocenters. The molecule has 2 aliphatic heterocycles. The molecule has 8 nitrogen and oxygen atoms in total. The Morgan fingerprint density at radius 1 is 1.07 bits per heavy atom. The molecule has 2 aromatic rings. The fourth-order valence-electron chi connectivity index (χ4n) is 4.56. The number of rotatable bonds is 5. The van der Waals surface area contributed by atoms with Crippen LogP contribution in [0.5, 0.6) is 0 Å². The van der Waals surface area contributed by atoms with Crippen molar-refractivity contribution in [2.24, 2.45) is 0 Å². The molecule has 0 spiro atoms. The highest BCUT2D eigenvalue weighted by atomic mass is 32.2. The van der Waals surface area contributed by atoms with Gasteiger partial charge in [0.1, 0.15) is 0 Å². The molecule has 2 aliphatic rings. The molecular formula is C20H28N4O4S. The van der Waals surface area contributed by atoms with Crippen LogP contribution in [-0.2, 0) is 27.7 Å². The van der Waals surface area contributed by atoms with Gasteiger partial charge in [-0.3, -0.25) is 18.8 Å². The Bertz CT molecular complexity index is 1060. The molecule has 2 saturated heterocycles. The highest BCUT2D eigenvalue weighted by molar-refractivity contribution is 7.91. The number of amides is 1. The molecule has 3 heterocycles. The number of sulfone groups is 1. The van der Waals surface area contributed by atoms with Crippen molar-refractivity contribution in [2.45, 2.75) is 38.9 Å². The Morgan fingerprint density at radius 3 is 2.31 bits per heavy atom. The van der Waals surface area contributed by atoms with E-state index in [0.29, 0.717) is 45.7 Å². The quantitative estimate of drug-likeness (QED) is 0.705. The van der Waals surface area contributed by atoms with Crippen LogP contribution in [0.15, 0.2) is 29.1 Å². The topological polar surface area (TPSA) is 84.6 Å². The van der Waals surface area contributed by atoms with Gasteiger partial charge in [0.2, 0.25) is 5.91 Å². The molecule has 2 fully saturated rings. The molecular weight excluding hydrogens is 392 g/mol. The minimum Gasteiger partial charge on any atom is -0.340 e. The summed E-state index contributed by atoms with van der Waals surface area (Å²) in [5.41, 5.74) is 1.68. The summed E-state index contributed by atoms with van der Waals surface area (Å²) in [6.45, 7) is 5.55. The zero-order valence-electron chi connectivity index (χ0n) is 16.8. The molecule has 158 valence electrons. The number of carbonyl (C=O) groups is 1. The number of nitrogens with zero attached hydrogens (tertiary/aromatic N) is 4. The van der Waals surface area contributed by atoms with Crippen molar-refractivity contribution in [3.05, 3.63) is 34.7 Å². The SMILES string of the molecule is CCn1c(=O)n(CCC(=O)N2CCN(C3CCS(=O)(=O)C3)CC2)c2ccccc21. The molecule has 0 N–H and O–H groups in total. The molecule has 0 aliphatic carbocycles. The number of benzene rings is 1. The monoisotopic (exact) mass is 420 g/mol. The van der Waals surface area contributed by atoms with Crippen molar-refractivity contribution in [1.29, 1.82) is 0 Å². The summed E-state index contributed by atoms with van der Waals surface area (Å²) in [4.78, 5) is 29.5. The van der Waals surface area contributed by atoms with E-state index in [1.807, 2.05) is 36.1 Å². The summed E-state index contributed by atoms with van der Waals surface area (Å²) in [5.74, 6) is 0.561. The smallest absolute Gasteiger partial charge is 0.329 e. The standard InChI is InChI=1S/C20H28N4O4S/c1-2-23-17-5-3-4-6-18(17)24(20(23)26)9-7-19(25)22-12-10-21(11-13-22)16-8-14-29(27,28)15-16/h3-6,16H,2,7-15H2,1H3. The number of piperazine rings is 1. The van der Waals surface area contributed by atoms with Crippen LogP contribution in [0, 0.1) is 0 Å². The fourth-order valence-corrected chi connectivity index (χ4v) is 6.32. The van der Waals surface area contributed by atoms with Gasteiger partial charge in [0.25, 0.3) is 0 Å². The van der Waals surface area contributed by atoms with E-state index >= 15 is 0 Å². The van der Waals surface area contributed by atoms with Gasteiger partial charge in [-0.15, -0.1) is 0 Å². The van der Waals surface area contributed by atoms with Gasteiger partial charge in [-0.25, -0.2) is 13.2 Å². The number of carbonyl (C=O) groups excluding carboxylic acids is 1. The van der Waals surface area contributed by atoms with Gasteiger partial charge in [0.15, 0.2) is 9.84 Å². The van der Waals surface area contributed by atoms with Crippen LogP contribution in [0.4, 0.5) is 0 Å². The number of fused-ring (bicyclic) bond motifs is 1. The Balaban J connectivity index is 1.36. The van der Waals surface area contributed by atoms with Crippen molar-refractivity contribution in [2.75, 3.05) is 37.7 Å². The summed E-state index contributed by atoms with van der Waals surface area (Å²) >= 11 is 0. The Morgan fingerprint density at radius 2 is 1.72 bits per heavy atom. The van der Waals surface area contributed by atoms with Crippen LogP contribution < -0.4 is 5.69 Å². The number of hydrogen-bond acceptors (Lipinski definition) is 5. The van der Waals surface area contributed by atoms with E-state index in [9.17, 15) is 18.0 Å². The lowest BCUT2D eigenvalue weighted by Gasteiger charge is -2.37. The first-order valence-corrected chi connectivity index (χ1v) is 12.1. The average Bonchev–Trinajstić information content (AvgIpc) is 3.22. The van der Waals surface area contributed by atoms with Crippen molar-refractivity contribution in [3.8, 4) is 0 Å². The average molecular weight is 421 g/mol. The Kier molecular flexibility index (Phi) is 5.52. The second-order valence-corrected chi connectivity index (χ2v) is 10.1. The largest absolute Gasteiger partial charge is 0.340 e. The number of hydrogen-bond donors (Lipinski definition) is 0. The summed E-state index contributed by atoms with van der Waals surface area (Å²) in [7, 11) is -2.89. The van der Waals surface area contributed by atoms with E-state index in [1.165, 1.54) is 0 Å². The maximum atomic E-state index is 12.7. The zero-order valence-corrected chi connectivity index (χ0v) is 17.6. The lowest BCUT2D eigenvalue weighted by atomic mass is 10.2. The molecule has 4 rings (SSSR count). The van der Waals surface area contributed by atoms with Crippen LogP contribution in [0.1, 0.15) is 19.8 Å². The second-order valence-electron chi connectivity index (χ2n) is 7.89. The lowest BCUT2D eigenvalue weighted by Crippen LogP contribution is -2.52. The third-order valence-electron chi connectivity index (χ3n) is 6.18. The van der Waals surface area contributed by atoms with Crippen LogP contribution in [0.2, 0.25) is 0 Å². The molecule has 9 heteroatoms. The maximum Gasteiger partial charge on any atom is 0.329 e. The van der Waals surface area contributed by atoms with Crippen LogP contribution in [0.25, 0.3) is 11.0 Å². The molecule has 1 aromatic heterocycles. The number of aryl methyl sites for hydroxylation is 2. The van der Waals surface area contributed by atoms with E-state index in [4.69, 9.17) is 0 Å². The van der Waals surface area contributed by atoms with Gasteiger partial charge in [0.05, 0.1) is 22.5 Å². The van der Waals surface area contributed by atoms with Crippen molar-refractivity contribution < 1.29 is 13.2 Å². The summed E-state index contributed by atoms with van der Waals surface area (Å²) in [6, 6.07) is 7.76.